The number of methoxy groups -OCH3 is 1. The average molecular weight is 421 g/mol. The number of aliphatic hydroxyl groups is 1. The molecule has 0 saturated carbocycles. The van der Waals surface area contributed by atoms with Crippen molar-refractivity contribution in [3.8, 4) is 5.75 Å². The Kier molecular flexibility index (Phi) is 5.69. The summed E-state index contributed by atoms with van der Waals surface area (Å²) in [6, 6.07) is 12.1. The second-order valence-corrected chi connectivity index (χ2v) is 8.67. The maximum atomic E-state index is 13.4. The second kappa shape index (κ2) is 8.16. The number of Topliss-reactive ketones (excluding diaryl/α,β-unsaturated/α-hetero) is 1. The fourth-order valence-electron chi connectivity index (χ4n) is 5.96. The largest absolute Gasteiger partial charge is 0.511 e. The first kappa shape index (κ1) is 21.6. The predicted octanol–water partition coefficient (Wildman–Crippen LogP) is 5.69. The molecule has 5 rings (SSSR count). The molecule has 0 radical (unpaired) electrons. The quantitative estimate of drug-likeness (QED) is 0.693. The van der Waals surface area contributed by atoms with Crippen molar-refractivity contribution in [1.29, 1.82) is 0 Å². The van der Waals surface area contributed by atoms with Crippen LogP contribution in [0.25, 0.3) is 5.57 Å². The van der Waals surface area contributed by atoms with Gasteiger partial charge in [0.15, 0.2) is 5.78 Å². The number of benzene rings is 2. The Balaban J connectivity index is 0.00000112. The third kappa shape index (κ3) is 3.20. The zero-order chi connectivity index (χ0) is 22.4. The average Bonchev–Trinajstić information content (AvgIpc) is 3.42. The van der Waals surface area contributed by atoms with Crippen LogP contribution in [0.4, 0.5) is 0 Å². The van der Waals surface area contributed by atoms with Crippen molar-refractivity contribution in [2.75, 3.05) is 7.11 Å². The zero-order valence-electron chi connectivity index (χ0n) is 19.2. The van der Waals surface area contributed by atoms with E-state index in [1.807, 2.05) is 45.9 Å². The summed E-state index contributed by atoms with van der Waals surface area (Å²) < 4.78 is 11.8. The second-order valence-electron chi connectivity index (χ2n) is 8.67. The Hall–Kier alpha value is -2.59. The maximum Gasteiger partial charge on any atom is 0.173 e. The Morgan fingerprint density at radius 3 is 2.32 bits per heavy atom. The molecule has 164 valence electrons. The zero-order valence-corrected chi connectivity index (χ0v) is 19.2. The van der Waals surface area contributed by atoms with E-state index in [0.29, 0.717) is 5.57 Å². The summed E-state index contributed by atoms with van der Waals surface area (Å²) in [5.41, 5.74) is 5.72. The summed E-state index contributed by atoms with van der Waals surface area (Å²) >= 11 is 0. The molecule has 2 heterocycles. The van der Waals surface area contributed by atoms with E-state index in [4.69, 9.17) is 9.47 Å². The molecule has 31 heavy (non-hydrogen) atoms. The molecule has 0 aromatic heterocycles. The van der Waals surface area contributed by atoms with Crippen molar-refractivity contribution in [2.24, 2.45) is 11.8 Å². The van der Waals surface area contributed by atoms with Crippen molar-refractivity contribution < 1.29 is 19.4 Å². The van der Waals surface area contributed by atoms with Gasteiger partial charge in [0.05, 0.1) is 36.7 Å². The third-order valence-electron chi connectivity index (χ3n) is 6.94. The van der Waals surface area contributed by atoms with Crippen molar-refractivity contribution in [2.45, 2.75) is 59.2 Å². The van der Waals surface area contributed by atoms with Gasteiger partial charge >= 0.3 is 0 Å². The Labute approximate surface area is 184 Å². The van der Waals surface area contributed by atoms with Crippen molar-refractivity contribution in [3.05, 3.63) is 70.0 Å². The fraction of sp³-hybridized carbons (Fsp3) is 0.444. The number of aliphatic hydroxyl groups excluding tert-OH is 1. The van der Waals surface area contributed by atoms with Gasteiger partial charge in [0.1, 0.15) is 11.5 Å². The summed E-state index contributed by atoms with van der Waals surface area (Å²) in [6.45, 7) is 10.1. The Bertz CT molecular complexity index is 1030. The van der Waals surface area contributed by atoms with E-state index in [1.54, 1.807) is 7.11 Å². The minimum atomic E-state index is -0.277. The minimum Gasteiger partial charge on any atom is -0.511 e. The summed E-state index contributed by atoms with van der Waals surface area (Å²) in [4.78, 5) is 13.4. The molecule has 2 aromatic carbocycles. The number of allylic oxidation sites excluding steroid dienone is 1. The molecular weight excluding hydrogens is 388 g/mol. The van der Waals surface area contributed by atoms with Crippen LogP contribution in [-0.4, -0.2) is 30.2 Å². The maximum absolute atomic E-state index is 13.4. The molecule has 2 aliphatic heterocycles. The number of rotatable bonds is 3. The van der Waals surface area contributed by atoms with E-state index >= 15 is 0 Å². The van der Waals surface area contributed by atoms with Crippen molar-refractivity contribution in [3.63, 3.8) is 0 Å². The molecule has 2 aromatic rings. The third-order valence-corrected chi connectivity index (χ3v) is 6.94. The van der Waals surface area contributed by atoms with Gasteiger partial charge in [0, 0.05) is 5.92 Å². The van der Waals surface area contributed by atoms with Gasteiger partial charge in [-0.25, -0.2) is 0 Å². The topological polar surface area (TPSA) is 55.8 Å². The van der Waals surface area contributed by atoms with Crippen LogP contribution in [0.3, 0.4) is 0 Å². The molecule has 5 atom stereocenters. The van der Waals surface area contributed by atoms with E-state index in [2.05, 4.69) is 25.1 Å². The molecule has 4 nitrogen and oxygen atoms in total. The van der Waals surface area contributed by atoms with Crippen LogP contribution in [0.1, 0.15) is 54.0 Å². The van der Waals surface area contributed by atoms with Crippen LogP contribution in [0.2, 0.25) is 0 Å². The predicted molar refractivity (Wildman–Crippen MR) is 123 cm³/mol. The number of ether oxygens (including phenoxy) is 2. The lowest BCUT2D eigenvalue weighted by Gasteiger charge is -2.28. The lowest BCUT2D eigenvalue weighted by molar-refractivity contribution is -0.118. The first-order chi connectivity index (χ1) is 14.9. The van der Waals surface area contributed by atoms with Gasteiger partial charge in [0.2, 0.25) is 0 Å². The number of hydrogen-bond acceptors (Lipinski definition) is 4. The molecule has 0 spiro atoms. The molecule has 0 amide bonds. The molecule has 3 aliphatic rings. The van der Waals surface area contributed by atoms with Crippen molar-refractivity contribution in [1.82, 2.24) is 0 Å². The van der Waals surface area contributed by atoms with Crippen LogP contribution in [0.15, 0.2) is 42.2 Å². The molecule has 4 heteroatoms. The standard InChI is InChI=1S/C25H26O4.C2H6/c1-12-9-13(2)19(14(3)10-12)21-23(26)20-18-11-16(25(29-18)22(20)24(21)27)15-7-5-6-8-17(15)28-4;1-2/h5-10,16,18,20,22,25,27H,11H2,1-4H3;1-2H3/t16?,18?,20-,22+,25?;/m0./s1. The van der Waals surface area contributed by atoms with Gasteiger partial charge in [-0.15, -0.1) is 0 Å². The van der Waals surface area contributed by atoms with E-state index in [9.17, 15) is 9.90 Å². The van der Waals surface area contributed by atoms with Crippen LogP contribution in [-0.2, 0) is 9.53 Å². The highest BCUT2D eigenvalue weighted by Gasteiger charge is 2.62. The summed E-state index contributed by atoms with van der Waals surface area (Å²) in [6.07, 6.45) is 0.427. The fourth-order valence-corrected chi connectivity index (χ4v) is 5.96. The van der Waals surface area contributed by atoms with Gasteiger partial charge in [-0.3, -0.25) is 4.79 Å². The van der Waals surface area contributed by atoms with Crippen LogP contribution >= 0.6 is 0 Å². The van der Waals surface area contributed by atoms with E-state index in [-0.39, 0.29) is 41.5 Å². The monoisotopic (exact) mass is 420 g/mol. The molecule has 2 saturated heterocycles. The van der Waals surface area contributed by atoms with Crippen LogP contribution in [0, 0.1) is 32.6 Å². The highest BCUT2D eigenvalue weighted by molar-refractivity contribution is 6.26. The number of carbonyl (C=O) groups excluding carboxylic acids is 1. The number of para-hydroxylation sites is 1. The first-order valence-corrected chi connectivity index (χ1v) is 11.3. The van der Waals surface area contributed by atoms with E-state index in [1.165, 1.54) is 0 Å². The number of ketones is 1. The number of carbonyl (C=O) groups is 1. The highest BCUT2D eigenvalue weighted by Crippen LogP contribution is 2.59. The molecule has 1 aliphatic carbocycles. The summed E-state index contributed by atoms with van der Waals surface area (Å²) in [5, 5.41) is 11.3. The lowest BCUT2D eigenvalue weighted by atomic mass is 9.72. The number of aryl methyl sites for hydroxylation is 3. The van der Waals surface area contributed by atoms with Crippen LogP contribution in [0.5, 0.6) is 5.75 Å². The smallest absolute Gasteiger partial charge is 0.173 e. The molecular formula is C27H32O4. The number of fused-ring (bicyclic) bond motifs is 5. The lowest BCUT2D eigenvalue weighted by Crippen LogP contribution is -2.33. The molecule has 1 N–H and O–H groups in total. The van der Waals surface area contributed by atoms with Gasteiger partial charge in [-0.1, -0.05) is 49.7 Å². The highest BCUT2D eigenvalue weighted by atomic mass is 16.5. The molecule has 2 fully saturated rings. The summed E-state index contributed by atoms with van der Waals surface area (Å²) in [5.74, 6) is 0.651. The van der Waals surface area contributed by atoms with Gasteiger partial charge in [-0.2, -0.15) is 0 Å². The Morgan fingerprint density at radius 1 is 1.03 bits per heavy atom. The summed E-state index contributed by atoms with van der Waals surface area (Å²) in [7, 11) is 1.67. The number of hydrogen-bond donors (Lipinski definition) is 1. The van der Waals surface area contributed by atoms with Gasteiger partial charge in [0.25, 0.3) is 0 Å². The SMILES string of the molecule is CC.COc1ccccc1C1CC2OC1[C@H]1C(O)=C(c3c(C)cc(C)cc3C)C(=O)[C@@H]21. The Morgan fingerprint density at radius 2 is 1.68 bits per heavy atom. The van der Waals surface area contributed by atoms with E-state index < -0.39 is 0 Å². The molecule has 3 unspecified atom stereocenters. The van der Waals surface area contributed by atoms with Crippen LogP contribution < -0.4 is 4.74 Å². The van der Waals surface area contributed by atoms with Crippen molar-refractivity contribution >= 4 is 11.4 Å². The van der Waals surface area contributed by atoms with Gasteiger partial charge < -0.3 is 14.6 Å². The van der Waals surface area contributed by atoms with E-state index in [0.717, 1.165) is 40.0 Å². The minimum absolute atomic E-state index is 0.0357. The molecule has 2 bridgehead atoms. The van der Waals surface area contributed by atoms with Gasteiger partial charge in [-0.05, 0) is 55.5 Å². The first-order valence-electron chi connectivity index (χ1n) is 11.3. The normalized spacial score (nSPS) is 28.5.